The molecule has 0 bridgehead atoms. The fourth-order valence-electron chi connectivity index (χ4n) is 7.27. The van der Waals surface area contributed by atoms with E-state index in [-0.39, 0.29) is 0 Å². The molecule has 0 N–H and O–H groups in total. The second-order valence-electron chi connectivity index (χ2n) is 12.0. The molecule has 7 aromatic carbocycles. The van der Waals surface area contributed by atoms with Gasteiger partial charge in [0.15, 0.2) is 0 Å². The van der Waals surface area contributed by atoms with E-state index in [2.05, 4.69) is 130 Å². The van der Waals surface area contributed by atoms with E-state index in [1.165, 1.54) is 21.8 Å². The molecule has 0 unspecified atom stereocenters. The number of nitrogens with zero attached hydrogens (tertiary/aromatic N) is 4. The smallest absolute Gasteiger partial charge is 0.0998 e. The molecule has 0 fully saturated rings. The minimum atomic E-state index is 0.634. The van der Waals surface area contributed by atoms with Crippen LogP contribution in [0.1, 0.15) is 11.1 Å². The summed E-state index contributed by atoms with van der Waals surface area (Å²) in [6.45, 7) is 0. The molecule has 0 aliphatic heterocycles. The van der Waals surface area contributed by atoms with Crippen LogP contribution in [-0.4, -0.2) is 9.13 Å². The van der Waals surface area contributed by atoms with Gasteiger partial charge >= 0.3 is 0 Å². The molecule has 0 radical (unpaired) electrons. The number of para-hydroxylation sites is 3. The van der Waals surface area contributed by atoms with Gasteiger partial charge in [0, 0.05) is 38.5 Å². The van der Waals surface area contributed by atoms with Crippen LogP contribution in [0.25, 0.3) is 77.2 Å². The predicted octanol–water partition coefficient (Wildman–Crippen LogP) is 11.0. The van der Waals surface area contributed by atoms with Gasteiger partial charge in [0.2, 0.25) is 0 Å². The summed E-state index contributed by atoms with van der Waals surface area (Å²) >= 11 is 0. The van der Waals surface area contributed by atoms with Crippen LogP contribution >= 0.6 is 0 Å². The molecule has 48 heavy (non-hydrogen) atoms. The minimum absolute atomic E-state index is 0.634. The summed E-state index contributed by atoms with van der Waals surface area (Å²) in [7, 11) is 0. The lowest BCUT2D eigenvalue weighted by Crippen LogP contribution is -1.97. The quantitative estimate of drug-likeness (QED) is 0.199. The summed E-state index contributed by atoms with van der Waals surface area (Å²) in [4.78, 5) is 0. The average Bonchev–Trinajstić information content (AvgIpc) is 3.67. The number of nitriles is 2. The van der Waals surface area contributed by atoms with E-state index in [4.69, 9.17) is 0 Å². The lowest BCUT2D eigenvalue weighted by molar-refractivity contribution is 1.18. The van der Waals surface area contributed by atoms with Crippen molar-refractivity contribution >= 4 is 43.6 Å². The molecule has 0 aliphatic rings. The Morgan fingerprint density at radius 3 is 1.56 bits per heavy atom. The Morgan fingerprint density at radius 1 is 0.375 bits per heavy atom. The van der Waals surface area contributed by atoms with Crippen LogP contribution in [0.3, 0.4) is 0 Å². The zero-order chi connectivity index (χ0) is 32.2. The monoisotopic (exact) mass is 610 g/mol. The second kappa shape index (κ2) is 10.9. The van der Waals surface area contributed by atoms with Crippen LogP contribution in [0.4, 0.5) is 0 Å². The molecule has 0 amide bonds. The van der Waals surface area contributed by atoms with E-state index in [9.17, 15) is 10.5 Å². The molecular weight excluding hydrogens is 585 g/mol. The molecule has 0 aliphatic carbocycles. The van der Waals surface area contributed by atoms with Crippen molar-refractivity contribution in [2.75, 3.05) is 0 Å². The van der Waals surface area contributed by atoms with E-state index in [1.807, 2.05) is 48.5 Å². The molecule has 9 rings (SSSR count). The van der Waals surface area contributed by atoms with Crippen molar-refractivity contribution in [3.63, 3.8) is 0 Å². The first kappa shape index (κ1) is 27.4. The van der Waals surface area contributed by atoms with Gasteiger partial charge in [-0.05, 0) is 83.4 Å². The number of aromatic nitrogens is 2. The molecule has 0 atom stereocenters. The first-order chi connectivity index (χ1) is 23.7. The molecule has 0 saturated heterocycles. The van der Waals surface area contributed by atoms with Crippen molar-refractivity contribution < 1.29 is 0 Å². The maximum atomic E-state index is 10.1. The van der Waals surface area contributed by atoms with Gasteiger partial charge in [-0.1, -0.05) is 91.0 Å². The summed E-state index contributed by atoms with van der Waals surface area (Å²) in [5.41, 5.74) is 11.8. The van der Waals surface area contributed by atoms with E-state index in [0.717, 1.165) is 55.4 Å². The zero-order valence-corrected chi connectivity index (χ0v) is 25.8. The third kappa shape index (κ3) is 4.14. The van der Waals surface area contributed by atoms with Gasteiger partial charge in [-0.15, -0.1) is 0 Å². The highest BCUT2D eigenvalue weighted by Crippen LogP contribution is 2.39. The molecular formula is C44H26N4. The summed E-state index contributed by atoms with van der Waals surface area (Å²) in [5, 5.41) is 24.3. The number of benzene rings is 7. The van der Waals surface area contributed by atoms with Crippen molar-refractivity contribution in [1.29, 1.82) is 10.5 Å². The van der Waals surface area contributed by atoms with Crippen molar-refractivity contribution in [3.8, 4) is 45.8 Å². The topological polar surface area (TPSA) is 57.4 Å². The van der Waals surface area contributed by atoms with Gasteiger partial charge in [-0.25, -0.2) is 0 Å². The Labute approximate surface area is 277 Å². The molecule has 0 saturated carbocycles. The maximum absolute atomic E-state index is 10.1. The first-order valence-electron chi connectivity index (χ1n) is 15.9. The SMILES string of the molecule is N#Cc1ccc2c(c1)c1ccccc1n2-c1ccc(-c2ccccc2C#N)c(-c2ccc(-n3c4ccccc4c4ccccc43)cc2)c1. The Kier molecular flexibility index (Phi) is 6.22. The van der Waals surface area contributed by atoms with Gasteiger partial charge in [0.1, 0.15) is 0 Å². The zero-order valence-electron chi connectivity index (χ0n) is 25.8. The van der Waals surface area contributed by atoms with Gasteiger partial charge in [-0.3, -0.25) is 0 Å². The van der Waals surface area contributed by atoms with E-state index >= 15 is 0 Å². The van der Waals surface area contributed by atoms with Crippen molar-refractivity contribution in [2.45, 2.75) is 0 Å². The number of fused-ring (bicyclic) bond motifs is 6. The molecule has 2 heterocycles. The normalized spacial score (nSPS) is 11.3. The lowest BCUT2D eigenvalue weighted by atomic mass is 9.91. The van der Waals surface area contributed by atoms with Gasteiger partial charge in [-0.2, -0.15) is 10.5 Å². The van der Waals surface area contributed by atoms with Crippen LogP contribution < -0.4 is 0 Å². The molecule has 2 aromatic heterocycles. The first-order valence-corrected chi connectivity index (χ1v) is 15.9. The molecule has 0 spiro atoms. The van der Waals surface area contributed by atoms with Crippen LogP contribution in [0.5, 0.6) is 0 Å². The van der Waals surface area contributed by atoms with Gasteiger partial charge < -0.3 is 9.13 Å². The molecule has 4 nitrogen and oxygen atoms in total. The number of hydrogen-bond acceptors (Lipinski definition) is 2. The van der Waals surface area contributed by atoms with Crippen molar-refractivity contribution in [2.24, 2.45) is 0 Å². The highest BCUT2D eigenvalue weighted by molar-refractivity contribution is 6.10. The van der Waals surface area contributed by atoms with E-state index in [1.54, 1.807) is 0 Å². The third-order valence-corrected chi connectivity index (χ3v) is 9.42. The third-order valence-electron chi connectivity index (χ3n) is 9.42. The summed E-state index contributed by atoms with van der Waals surface area (Å²) in [5.74, 6) is 0. The Hall–Kier alpha value is -6.88. The highest BCUT2D eigenvalue weighted by Gasteiger charge is 2.18. The Bertz CT molecular complexity index is 2750. The average molecular weight is 611 g/mol. The van der Waals surface area contributed by atoms with E-state index in [0.29, 0.717) is 11.1 Å². The fraction of sp³-hybridized carbons (Fsp3) is 0. The number of hydrogen-bond donors (Lipinski definition) is 0. The summed E-state index contributed by atoms with van der Waals surface area (Å²) in [6.07, 6.45) is 0. The summed E-state index contributed by atoms with van der Waals surface area (Å²) in [6, 6.07) is 59.0. The molecule has 4 heteroatoms. The maximum Gasteiger partial charge on any atom is 0.0998 e. The Morgan fingerprint density at radius 2 is 0.917 bits per heavy atom. The highest BCUT2D eigenvalue weighted by atomic mass is 15.0. The summed E-state index contributed by atoms with van der Waals surface area (Å²) < 4.78 is 4.59. The molecule has 222 valence electrons. The van der Waals surface area contributed by atoms with Gasteiger partial charge in [0.05, 0.1) is 45.3 Å². The van der Waals surface area contributed by atoms with E-state index < -0.39 is 0 Å². The standard InChI is InChI=1S/C44H26N4/c45-27-29-17-24-44-40(25-29)38-13-5-8-16-43(38)48(44)33-22-23-35(34-10-2-1-9-31(34)28-46)39(26-33)30-18-20-32(21-19-30)47-41-14-6-3-11-36(41)37-12-4-7-15-42(37)47/h1-26H. The minimum Gasteiger partial charge on any atom is -0.309 e. The van der Waals surface area contributed by atoms with Crippen LogP contribution in [0.15, 0.2) is 158 Å². The van der Waals surface area contributed by atoms with Crippen molar-refractivity contribution in [1.82, 2.24) is 9.13 Å². The lowest BCUT2D eigenvalue weighted by Gasteiger charge is -2.16. The van der Waals surface area contributed by atoms with Crippen molar-refractivity contribution in [3.05, 3.63) is 169 Å². The van der Waals surface area contributed by atoms with Crippen LogP contribution in [0.2, 0.25) is 0 Å². The number of rotatable bonds is 4. The second-order valence-corrected chi connectivity index (χ2v) is 12.0. The van der Waals surface area contributed by atoms with Crippen LogP contribution in [0, 0.1) is 22.7 Å². The van der Waals surface area contributed by atoms with Gasteiger partial charge in [0.25, 0.3) is 0 Å². The Balaban J connectivity index is 1.27. The fourth-order valence-corrected chi connectivity index (χ4v) is 7.27. The molecule has 9 aromatic rings. The van der Waals surface area contributed by atoms with Crippen LogP contribution in [-0.2, 0) is 0 Å². The predicted molar refractivity (Wildman–Crippen MR) is 195 cm³/mol. The largest absolute Gasteiger partial charge is 0.309 e.